The molecule has 0 bridgehead atoms. The molecule has 0 saturated heterocycles. The van der Waals surface area contributed by atoms with Crippen LogP contribution in [0.2, 0.25) is 0 Å². The van der Waals surface area contributed by atoms with Crippen LogP contribution in [0.3, 0.4) is 0 Å². The minimum Gasteiger partial charge on any atom is -0.478 e. The maximum Gasteiger partial charge on any atom is 0.339 e. The summed E-state index contributed by atoms with van der Waals surface area (Å²) < 4.78 is 0. The highest BCUT2D eigenvalue weighted by atomic mass is 16.4. The van der Waals surface area contributed by atoms with Crippen LogP contribution >= 0.6 is 0 Å². The van der Waals surface area contributed by atoms with Gasteiger partial charge in [-0.25, -0.2) is 4.79 Å². The van der Waals surface area contributed by atoms with Gasteiger partial charge in [0, 0.05) is 0 Å². The zero-order chi connectivity index (χ0) is 11.1. The lowest BCUT2D eigenvalue weighted by atomic mass is 10.1. The highest BCUT2D eigenvalue weighted by Gasteiger charge is 2.14. The number of carboxylic acid groups (broad SMARTS) is 1. The molecule has 1 atom stereocenters. The normalized spacial score (nSPS) is 14.3. The van der Waals surface area contributed by atoms with Gasteiger partial charge in [0.15, 0.2) is 5.78 Å². The van der Waals surface area contributed by atoms with Gasteiger partial charge in [0.25, 0.3) is 0 Å². The third kappa shape index (κ3) is 3.84. The summed E-state index contributed by atoms with van der Waals surface area (Å²) in [6, 6.07) is -0.352. The highest BCUT2D eigenvalue weighted by Crippen LogP contribution is 2.05. The van der Waals surface area contributed by atoms with Crippen molar-refractivity contribution in [2.24, 2.45) is 10.7 Å². The van der Waals surface area contributed by atoms with E-state index in [1.165, 1.54) is 13.0 Å². The number of ketones is 1. The molecule has 0 aromatic heterocycles. The van der Waals surface area contributed by atoms with Crippen LogP contribution in [0, 0.1) is 0 Å². The number of rotatable bonds is 5. The summed E-state index contributed by atoms with van der Waals surface area (Å²) in [6.07, 6.45) is 3.01. The standard InChI is InChI=1S/C9H14N2O3/c1-3-7(11-5-10)4-8(6(2)12)9(13)14/h4-5,7H,3H2,1-2H3,(H2,10,11)(H,13,14)/b8-4-. The number of aliphatic carboxylic acids is 1. The van der Waals surface area contributed by atoms with Gasteiger partial charge in [-0.15, -0.1) is 0 Å². The monoisotopic (exact) mass is 198 g/mol. The SMILES string of the molecule is CCC(/C=C(/C(C)=O)C(=O)O)N=CN. The average molecular weight is 198 g/mol. The average Bonchev–Trinajstić information content (AvgIpc) is 2.10. The predicted molar refractivity (Wildman–Crippen MR) is 53.2 cm³/mol. The number of carboxylic acids is 1. The molecular formula is C9H14N2O3. The molecule has 0 aliphatic rings. The lowest BCUT2D eigenvalue weighted by Gasteiger charge is -2.04. The second-order valence-corrected chi connectivity index (χ2v) is 2.72. The molecule has 0 heterocycles. The maximum atomic E-state index is 10.9. The maximum absolute atomic E-state index is 10.9. The molecule has 5 nitrogen and oxygen atoms in total. The van der Waals surface area contributed by atoms with E-state index in [-0.39, 0.29) is 11.6 Å². The molecule has 5 heteroatoms. The van der Waals surface area contributed by atoms with Crippen LogP contribution in [0.4, 0.5) is 0 Å². The van der Waals surface area contributed by atoms with E-state index >= 15 is 0 Å². The van der Waals surface area contributed by atoms with E-state index in [4.69, 9.17) is 10.8 Å². The molecule has 0 fully saturated rings. The van der Waals surface area contributed by atoms with Gasteiger partial charge in [-0.2, -0.15) is 0 Å². The van der Waals surface area contributed by atoms with Crippen molar-refractivity contribution in [3.05, 3.63) is 11.6 Å². The smallest absolute Gasteiger partial charge is 0.339 e. The first-order valence-electron chi connectivity index (χ1n) is 4.22. The molecule has 78 valence electrons. The van der Waals surface area contributed by atoms with Crippen LogP contribution in [0.1, 0.15) is 20.3 Å². The van der Waals surface area contributed by atoms with Gasteiger partial charge in [0.05, 0.1) is 12.4 Å². The van der Waals surface area contributed by atoms with Gasteiger partial charge < -0.3 is 10.8 Å². The number of carbonyl (C=O) groups excluding carboxylic acids is 1. The second-order valence-electron chi connectivity index (χ2n) is 2.72. The lowest BCUT2D eigenvalue weighted by molar-refractivity contribution is -0.134. The zero-order valence-electron chi connectivity index (χ0n) is 8.23. The molecule has 0 spiro atoms. The third-order valence-corrected chi connectivity index (χ3v) is 1.66. The summed E-state index contributed by atoms with van der Waals surface area (Å²) in [7, 11) is 0. The second kappa shape index (κ2) is 5.90. The molecule has 3 N–H and O–H groups in total. The molecular weight excluding hydrogens is 184 g/mol. The Morgan fingerprint density at radius 3 is 2.43 bits per heavy atom. The van der Waals surface area contributed by atoms with E-state index in [0.29, 0.717) is 6.42 Å². The van der Waals surface area contributed by atoms with Gasteiger partial charge in [-0.05, 0) is 19.4 Å². The third-order valence-electron chi connectivity index (χ3n) is 1.66. The number of Topliss-reactive ketones (excluding diaryl/α,β-unsaturated/α-hetero) is 1. The molecule has 1 unspecified atom stereocenters. The van der Waals surface area contributed by atoms with Gasteiger partial charge >= 0.3 is 5.97 Å². The highest BCUT2D eigenvalue weighted by molar-refractivity contribution is 6.15. The van der Waals surface area contributed by atoms with Gasteiger partial charge in [0.2, 0.25) is 0 Å². The first-order valence-corrected chi connectivity index (χ1v) is 4.22. The number of carbonyl (C=O) groups is 2. The quantitative estimate of drug-likeness (QED) is 0.219. The Bertz CT molecular complexity index is 266. The summed E-state index contributed by atoms with van der Waals surface area (Å²) in [5, 5.41) is 8.68. The van der Waals surface area contributed by atoms with Crippen LogP contribution in [-0.4, -0.2) is 29.2 Å². The van der Waals surface area contributed by atoms with Crippen molar-refractivity contribution in [1.82, 2.24) is 0 Å². The number of nitrogens with zero attached hydrogens (tertiary/aromatic N) is 1. The molecule has 0 aliphatic carbocycles. The van der Waals surface area contributed by atoms with E-state index in [1.807, 2.05) is 6.92 Å². The predicted octanol–water partition coefficient (Wildman–Crippen LogP) is 0.352. The van der Waals surface area contributed by atoms with Crippen molar-refractivity contribution in [3.63, 3.8) is 0 Å². The van der Waals surface area contributed by atoms with Crippen molar-refractivity contribution in [1.29, 1.82) is 0 Å². The van der Waals surface area contributed by atoms with E-state index in [1.54, 1.807) is 0 Å². The summed E-state index contributed by atoms with van der Waals surface area (Å²) in [5.41, 5.74) is 4.83. The Hall–Kier alpha value is -1.65. The van der Waals surface area contributed by atoms with Crippen LogP contribution in [0.15, 0.2) is 16.6 Å². The van der Waals surface area contributed by atoms with E-state index in [2.05, 4.69) is 4.99 Å². The Morgan fingerprint density at radius 2 is 2.14 bits per heavy atom. The largest absolute Gasteiger partial charge is 0.478 e. The van der Waals surface area contributed by atoms with Gasteiger partial charge in [0.1, 0.15) is 5.57 Å². The minimum absolute atomic E-state index is 0.248. The molecule has 0 saturated carbocycles. The Morgan fingerprint density at radius 1 is 1.57 bits per heavy atom. The van der Waals surface area contributed by atoms with Crippen molar-refractivity contribution < 1.29 is 14.7 Å². The first-order chi connectivity index (χ1) is 6.52. The van der Waals surface area contributed by atoms with Crippen LogP contribution in [0.25, 0.3) is 0 Å². The van der Waals surface area contributed by atoms with Crippen molar-refractivity contribution in [2.45, 2.75) is 26.3 Å². The summed E-state index contributed by atoms with van der Waals surface area (Å²) in [6.45, 7) is 3.03. The molecule has 14 heavy (non-hydrogen) atoms. The molecule has 0 aromatic carbocycles. The summed E-state index contributed by atoms with van der Waals surface area (Å²) in [4.78, 5) is 25.3. The van der Waals surface area contributed by atoms with E-state index in [9.17, 15) is 9.59 Å². The Kier molecular flexibility index (Phi) is 5.21. The van der Waals surface area contributed by atoms with Crippen LogP contribution in [-0.2, 0) is 9.59 Å². The topological polar surface area (TPSA) is 92.8 Å². The number of aliphatic imine (C=N–C) groups is 1. The lowest BCUT2D eigenvalue weighted by Crippen LogP contribution is -2.13. The number of hydrogen-bond acceptors (Lipinski definition) is 3. The Labute approximate surface area is 82.3 Å². The van der Waals surface area contributed by atoms with E-state index < -0.39 is 11.8 Å². The molecule has 0 aromatic rings. The van der Waals surface area contributed by atoms with Crippen LogP contribution < -0.4 is 5.73 Å². The fourth-order valence-electron chi connectivity index (χ4n) is 0.908. The zero-order valence-corrected chi connectivity index (χ0v) is 8.23. The van der Waals surface area contributed by atoms with Crippen molar-refractivity contribution >= 4 is 18.1 Å². The molecule has 0 amide bonds. The fraction of sp³-hybridized carbons (Fsp3) is 0.444. The van der Waals surface area contributed by atoms with Gasteiger partial charge in [-0.1, -0.05) is 6.92 Å². The molecule has 0 aliphatic heterocycles. The van der Waals surface area contributed by atoms with E-state index in [0.717, 1.165) is 6.34 Å². The summed E-state index contributed by atoms with van der Waals surface area (Å²) >= 11 is 0. The fourth-order valence-corrected chi connectivity index (χ4v) is 0.908. The minimum atomic E-state index is -1.23. The van der Waals surface area contributed by atoms with Crippen LogP contribution in [0.5, 0.6) is 0 Å². The van der Waals surface area contributed by atoms with Crippen molar-refractivity contribution in [2.75, 3.05) is 0 Å². The Balaban J connectivity index is 4.87. The number of nitrogens with two attached hydrogens (primary N) is 1. The van der Waals surface area contributed by atoms with Gasteiger partial charge in [-0.3, -0.25) is 9.79 Å². The first kappa shape index (κ1) is 12.3. The molecule has 0 rings (SSSR count). The molecule has 0 radical (unpaired) electrons. The summed E-state index contributed by atoms with van der Waals surface area (Å²) in [5.74, 6) is -1.72. The van der Waals surface area contributed by atoms with Crippen molar-refractivity contribution in [3.8, 4) is 0 Å². The number of hydrogen-bond donors (Lipinski definition) is 2.